The maximum atomic E-state index is 12.8. The smallest absolute Gasteiger partial charge is 0.374 e. The lowest BCUT2D eigenvalue weighted by atomic mass is 10.2. The third kappa shape index (κ3) is 2.78. The Morgan fingerprint density at radius 2 is 2.20 bits per heavy atom. The van der Waals surface area contributed by atoms with Gasteiger partial charge in [0.25, 0.3) is 0 Å². The highest BCUT2D eigenvalue weighted by atomic mass is 79.9. The van der Waals surface area contributed by atoms with Crippen molar-refractivity contribution in [3.8, 4) is 0 Å². The lowest BCUT2D eigenvalue weighted by Gasteiger charge is -2.35. The van der Waals surface area contributed by atoms with E-state index >= 15 is 0 Å². The molecule has 2 N–H and O–H groups in total. The number of aromatic nitrogens is 3. The number of anilines is 3. The number of hydrogen-bond acceptors (Lipinski definition) is 6. The number of nitrogens with one attached hydrogen (secondary N) is 1. The van der Waals surface area contributed by atoms with Gasteiger partial charge >= 0.3 is 12.0 Å². The van der Waals surface area contributed by atoms with Crippen LogP contribution in [0, 0.1) is 0 Å². The molecule has 4 rings (SSSR count). The van der Waals surface area contributed by atoms with E-state index in [-0.39, 0.29) is 11.9 Å². The van der Waals surface area contributed by atoms with Crippen LogP contribution >= 0.6 is 15.9 Å². The van der Waals surface area contributed by atoms with Crippen molar-refractivity contribution in [1.82, 2.24) is 15.0 Å². The second-order valence-corrected chi connectivity index (χ2v) is 6.67. The van der Waals surface area contributed by atoms with Gasteiger partial charge in [-0.25, -0.2) is 24.5 Å². The van der Waals surface area contributed by atoms with Gasteiger partial charge in [-0.2, -0.15) is 0 Å². The molecule has 9 nitrogen and oxygen atoms in total. The predicted molar refractivity (Wildman–Crippen MR) is 93.0 cm³/mol. The van der Waals surface area contributed by atoms with Crippen LogP contribution in [0.15, 0.2) is 29.0 Å². The summed E-state index contributed by atoms with van der Waals surface area (Å²) in [5.41, 5.74) is 0.663. The van der Waals surface area contributed by atoms with E-state index in [1.807, 2.05) is 0 Å². The van der Waals surface area contributed by atoms with Crippen molar-refractivity contribution in [3.05, 3.63) is 34.8 Å². The Bertz CT molecular complexity index is 876. The molecule has 2 aromatic rings. The van der Waals surface area contributed by atoms with Gasteiger partial charge in [-0.1, -0.05) is 15.9 Å². The van der Waals surface area contributed by atoms with Gasteiger partial charge in [-0.05, 0) is 18.6 Å². The number of hydrogen-bond donors (Lipinski definition) is 2. The second-order valence-electron chi connectivity index (χ2n) is 5.76. The molecule has 2 aliphatic heterocycles. The highest BCUT2D eigenvalue weighted by Crippen LogP contribution is 2.38. The Morgan fingerprint density at radius 3 is 2.96 bits per heavy atom. The number of nitrogens with zero attached hydrogens (tertiary/aromatic N) is 5. The molecule has 1 saturated heterocycles. The predicted octanol–water partition coefficient (Wildman–Crippen LogP) is 1.96. The Kier molecular flexibility index (Phi) is 3.75. The van der Waals surface area contributed by atoms with Crippen molar-refractivity contribution in [2.24, 2.45) is 0 Å². The fraction of sp³-hybridized carbons (Fsp3) is 0.267. The van der Waals surface area contributed by atoms with Crippen molar-refractivity contribution in [3.63, 3.8) is 0 Å². The Hall–Kier alpha value is -2.75. The molecule has 0 aliphatic carbocycles. The largest absolute Gasteiger partial charge is 0.475 e. The van der Waals surface area contributed by atoms with E-state index in [0.29, 0.717) is 23.9 Å². The van der Waals surface area contributed by atoms with Crippen LogP contribution in [0.5, 0.6) is 0 Å². The number of halogens is 1. The summed E-state index contributed by atoms with van der Waals surface area (Å²) >= 11 is 3.33. The van der Waals surface area contributed by atoms with Crippen LogP contribution in [0.25, 0.3) is 0 Å². The molecule has 10 heteroatoms. The van der Waals surface area contributed by atoms with Gasteiger partial charge < -0.3 is 10.0 Å². The average Bonchev–Trinajstić information content (AvgIpc) is 2.99. The molecule has 0 aromatic carbocycles. The number of urea groups is 1. The SMILES string of the molecule is O=C(O)c1ncc2c(n1)N(C(=O)Nc1cc(Br)ccn1)[C@H]1CCN2C1. The molecule has 0 spiro atoms. The molecular formula is C15H13BrN6O3. The van der Waals surface area contributed by atoms with Crippen LogP contribution in [0.1, 0.15) is 17.0 Å². The molecule has 2 bridgehead atoms. The maximum Gasteiger partial charge on any atom is 0.374 e. The third-order valence-electron chi connectivity index (χ3n) is 4.21. The van der Waals surface area contributed by atoms with Crippen LogP contribution in [-0.2, 0) is 0 Å². The zero-order chi connectivity index (χ0) is 17.6. The summed E-state index contributed by atoms with van der Waals surface area (Å²) < 4.78 is 0.791. The Balaban J connectivity index is 1.71. The summed E-state index contributed by atoms with van der Waals surface area (Å²) in [4.78, 5) is 39.7. The summed E-state index contributed by atoms with van der Waals surface area (Å²) in [6.07, 6.45) is 3.81. The topological polar surface area (TPSA) is 112 Å². The molecule has 0 saturated carbocycles. The maximum absolute atomic E-state index is 12.8. The minimum Gasteiger partial charge on any atom is -0.475 e. The minimum atomic E-state index is -1.23. The van der Waals surface area contributed by atoms with E-state index in [2.05, 4.69) is 41.1 Å². The molecular weight excluding hydrogens is 392 g/mol. The minimum absolute atomic E-state index is 0.0730. The number of pyridine rings is 1. The number of aromatic carboxylic acids is 1. The first-order valence-electron chi connectivity index (χ1n) is 7.60. The van der Waals surface area contributed by atoms with Crippen molar-refractivity contribution in [2.75, 3.05) is 28.2 Å². The van der Waals surface area contributed by atoms with Crippen molar-refractivity contribution in [2.45, 2.75) is 12.5 Å². The standard InChI is InChI=1S/C15H13BrN6O3/c16-8-1-3-17-11(5-8)19-15(25)22-9-2-4-21(7-9)10-6-18-12(14(23)24)20-13(10)22/h1,3,5-6,9H,2,4,7H2,(H,23,24)(H,17,19,25)/t9-/m0/s1. The summed E-state index contributed by atoms with van der Waals surface area (Å²) in [6, 6.07) is 2.98. The zero-order valence-corrected chi connectivity index (χ0v) is 14.5. The summed E-state index contributed by atoms with van der Waals surface area (Å²) in [5.74, 6) is -0.855. The molecule has 1 fully saturated rings. The van der Waals surface area contributed by atoms with Gasteiger partial charge in [-0.15, -0.1) is 0 Å². The van der Waals surface area contributed by atoms with Gasteiger partial charge in [0, 0.05) is 23.8 Å². The fourth-order valence-electron chi connectivity index (χ4n) is 3.12. The molecule has 0 unspecified atom stereocenters. The number of carbonyl (C=O) groups is 2. The van der Waals surface area contributed by atoms with E-state index in [9.17, 15) is 9.59 Å². The van der Waals surface area contributed by atoms with E-state index in [4.69, 9.17) is 5.11 Å². The zero-order valence-electron chi connectivity index (χ0n) is 12.9. The van der Waals surface area contributed by atoms with E-state index < -0.39 is 12.0 Å². The quantitative estimate of drug-likeness (QED) is 0.786. The first-order valence-corrected chi connectivity index (χ1v) is 8.39. The molecule has 25 heavy (non-hydrogen) atoms. The van der Waals surface area contributed by atoms with Gasteiger partial charge in [0.2, 0.25) is 5.82 Å². The van der Waals surface area contributed by atoms with E-state index in [0.717, 1.165) is 17.4 Å². The molecule has 128 valence electrons. The third-order valence-corrected chi connectivity index (χ3v) is 4.71. The number of carbonyl (C=O) groups excluding carboxylic acids is 1. The number of carboxylic acid groups (broad SMARTS) is 1. The number of rotatable bonds is 2. The average molecular weight is 405 g/mol. The highest BCUT2D eigenvalue weighted by molar-refractivity contribution is 9.10. The number of fused-ring (bicyclic) bond motifs is 4. The normalized spacial score (nSPS) is 18.0. The van der Waals surface area contributed by atoms with Crippen LogP contribution in [0.3, 0.4) is 0 Å². The summed E-state index contributed by atoms with van der Waals surface area (Å²) in [5, 5.41) is 11.9. The van der Waals surface area contributed by atoms with Gasteiger partial charge in [-0.3, -0.25) is 10.2 Å². The lowest BCUT2D eigenvalue weighted by molar-refractivity contribution is 0.0683. The van der Waals surface area contributed by atoms with Crippen LogP contribution in [0.2, 0.25) is 0 Å². The van der Waals surface area contributed by atoms with Crippen LogP contribution < -0.4 is 15.1 Å². The fourth-order valence-corrected chi connectivity index (χ4v) is 3.45. The highest BCUT2D eigenvalue weighted by Gasteiger charge is 2.41. The molecule has 4 heterocycles. The number of carboxylic acids is 1. The van der Waals surface area contributed by atoms with Gasteiger partial charge in [0.15, 0.2) is 5.82 Å². The number of amides is 2. The Morgan fingerprint density at radius 1 is 1.36 bits per heavy atom. The monoisotopic (exact) mass is 404 g/mol. The summed E-state index contributed by atoms with van der Waals surface area (Å²) in [6.45, 7) is 1.44. The van der Waals surface area contributed by atoms with E-state index in [1.54, 1.807) is 18.3 Å². The summed E-state index contributed by atoms with van der Waals surface area (Å²) in [7, 11) is 0. The van der Waals surface area contributed by atoms with Crippen molar-refractivity contribution in [1.29, 1.82) is 0 Å². The van der Waals surface area contributed by atoms with Gasteiger partial charge in [0.05, 0.1) is 17.9 Å². The van der Waals surface area contributed by atoms with E-state index in [1.165, 1.54) is 11.1 Å². The Labute approximate surface area is 150 Å². The van der Waals surface area contributed by atoms with Crippen molar-refractivity contribution >= 4 is 45.3 Å². The molecule has 2 aromatic heterocycles. The first kappa shape index (κ1) is 15.8. The van der Waals surface area contributed by atoms with Crippen LogP contribution in [0.4, 0.5) is 22.1 Å². The molecule has 2 aliphatic rings. The molecule has 1 atom stereocenters. The van der Waals surface area contributed by atoms with Crippen molar-refractivity contribution < 1.29 is 14.7 Å². The first-order chi connectivity index (χ1) is 12.0. The van der Waals surface area contributed by atoms with Crippen LogP contribution in [-0.4, -0.2) is 51.2 Å². The van der Waals surface area contributed by atoms with Gasteiger partial charge in [0.1, 0.15) is 5.82 Å². The molecule has 2 amide bonds. The lowest BCUT2D eigenvalue weighted by Crippen LogP contribution is -2.48. The molecule has 0 radical (unpaired) electrons. The second kappa shape index (κ2) is 5.96.